The lowest BCUT2D eigenvalue weighted by molar-refractivity contribution is 0.104. The first-order valence-electron chi connectivity index (χ1n) is 14.9. The Labute approximate surface area is 251 Å². The zero-order chi connectivity index (χ0) is 29.5. The summed E-state index contributed by atoms with van der Waals surface area (Å²) in [5.74, 6) is 1.75. The minimum absolute atomic E-state index is 0.103. The van der Waals surface area contributed by atoms with Crippen molar-refractivity contribution in [1.29, 1.82) is 0 Å². The summed E-state index contributed by atoms with van der Waals surface area (Å²) in [7, 11) is 0. The van der Waals surface area contributed by atoms with Crippen LogP contribution in [0.5, 0.6) is 17.2 Å². The van der Waals surface area contributed by atoms with Crippen molar-refractivity contribution in [2.75, 3.05) is 0 Å². The van der Waals surface area contributed by atoms with Crippen LogP contribution >= 0.6 is 0 Å². The number of phenols is 1. The van der Waals surface area contributed by atoms with E-state index in [1.807, 2.05) is 24.3 Å². The molecule has 0 radical (unpaired) electrons. The van der Waals surface area contributed by atoms with Gasteiger partial charge in [-0.25, -0.2) is 0 Å². The molecule has 1 atom stereocenters. The van der Waals surface area contributed by atoms with Crippen molar-refractivity contribution in [2.24, 2.45) is 0 Å². The molecule has 1 aliphatic heterocycles. The Bertz CT molecular complexity index is 1950. The Morgan fingerprint density at radius 2 is 1.37 bits per heavy atom. The molecule has 1 N–H and O–H groups in total. The topological polar surface area (TPSA) is 46.5 Å². The Balaban J connectivity index is 1.50. The van der Waals surface area contributed by atoms with E-state index >= 15 is 0 Å². The van der Waals surface area contributed by atoms with Crippen molar-refractivity contribution < 1.29 is 14.6 Å². The van der Waals surface area contributed by atoms with Crippen LogP contribution in [0.3, 0.4) is 0 Å². The van der Waals surface area contributed by atoms with Gasteiger partial charge in [0.15, 0.2) is 5.78 Å². The van der Waals surface area contributed by atoms with Gasteiger partial charge >= 0.3 is 0 Å². The highest BCUT2D eigenvalue weighted by Gasteiger charge is 2.33. The number of hydrogen-bond acceptors (Lipinski definition) is 3. The normalized spacial score (nSPS) is 13.5. The van der Waals surface area contributed by atoms with Crippen LogP contribution in [0.25, 0.3) is 27.6 Å². The third kappa shape index (κ3) is 4.67. The van der Waals surface area contributed by atoms with E-state index in [2.05, 4.69) is 92.7 Å². The van der Waals surface area contributed by atoms with Crippen molar-refractivity contribution in [3.63, 3.8) is 0 Å². The average molecular weight is 561 g/mol. The van der Waals surface area contributed by atoms with E-state index in [0.717, 1.165) is 61.7 Å². The molecule has 1 aliphatic rings. The number of rotatable bonds is 6. The van der Waals surface area contributed by atoms with Crippen LogP contribution in [0.2, 0.25) is 0 Å². The maximum Gasteiger partial charge on any atom is 0.185 e. The third-order valence-corrected chi connectivity index (χ3v) is 8.80. The molecule has 0 spiro atoms. The number of carbonyl (C=O) groups excluding carboxylic acids is 1. The lowest BCUT2D eigenvalue weighted by Gasteiger charge is -2.32. The number of fused-ring (bicyclic) bond motifs is 6. The molecule has 0 aliphatic carbocycles. The van der Waals surface area contributed by atoms with Crippen molar-refractivity contribution in [3.05, 3.63) is 155 Å². The van der Waals surface area contributed by atoms with Crippen LogP contribution in [0.1, 0.15) is 70.3 Å². The Kier molecular flexibility index (Phi) is 6.79. The minimum Gasteiger partial charge on any atom is -0.507 e. The Morgan fingerprint density at radius 1 is 0.791 bits per heavy atom. The van der Waals surface area contributed by atoms with E-state index in [4.69, 9.17) is 4.74 Å². The van der Waals surface area contributed by atoms with E-state index in [9.17, 15) is 9.90 Å². The molecule has 0 fully saturated rings. The second kappa shape index (κ2) is 10.9. The van der Waals surface area contributed by atoms with Gasteiger partial charge in [-0.3, -0.25) is 4.79 Å². The van der Waals surface area contributed by atoms with Crippen LogP contribution in [0, 0.1) is 0 Å². The summed E-state index contributed by atoms with van der Waals surface area (Å²) in [4.78, 5) is 13.0. The molecule has 3 heteroatoms. The fourth-order valence-electron chi connectivity index (χ4n) is 6.38. The van der Waals surface area contributed by atoms with E-state index in [0.29, 0.717) is 11.1 Å². The summed E-state index contributed by atoms with van der Waals surface area (Å²) in [6.07, 6.45) is 4.19. The predicted molar refractivity (Wildman–Crippen MR) is 176 cm³/mol. The van der Waals surface area contributed by atoms with E-state index < -0.39 is 0 Å². The summed E-state index contributed by atoms with van der Waals surface area (Å²) in [5, 5.41) is 16.1. The van der Waals surface area contributed by atoms with Gasteiger partial charge in [0.1, 0.15) is 17.2 Å². The van der Waals surface area contributed by atoms with Gasteiger partial charge in [-0.2, -0.15) is 0 Å². The van der Waals surface area contributed by atoms with Crippen molar-refractivity contribution in [3.8, 4) is 17.2 Å². The number of hydrogen-bond donors (Lipinski definition) is 1. The first kappa shape index (κ1) is 26.7. The van der Waals surface area contributed by atoms with Gasteiger partial charge in [-0.15, -0.1) is 0 Å². The van der Waals surface area contributed by atoms with Crippen molar-refractivity contribution >= 4 is 33.4 Å². The fraction of sp³-hybridized carbons (Fsp3) is 0.125. The first-order chi connectivity index (χ1) is 21.0. The molecular formula is C40H32O3. The quantitative estimate of drug-likeness (QED) is 0.163. The number of ether oxygens (including phenoxy) is 1. The second-order valence-corrected chi connectivity index (χ2v) is 11.4. The number of phenolic OH excluding ortho intramolecular Hbond substituents is 1. The lowest BCUT2D eigenvalue weighted by Crippen LogP contribution is -2.14. The molecule has 0 amide bonds. The van der Waals surface area contributed by atoms with Crippen LogP contribution < -0.4 is 4.74 Å². The second-order valence-electron chi connectivity index (χ2n) is 11.4. The van der Waals surface area contributed by atoms with Crippen LogP contribution in [0.15, 0.2) is 121 Å². The lowest BCUT2D eigenvalue weighted by atomic mass is 9.77. The molecule has 43 heavy (non-hydrogen) atoms. The molecule has 1 unspecified atom stereocenters. The number of carbonyl (C=O) groups is 1. The molecule has 6 aromatic carbocycles. The first-order valence-corrected chi connectivity index (χ1v) is 14.9. The molecule has 0 saturated carbocycles. The maximum atomic E-state index is 13.0. The highest BCUT2D eigenvalue weighted by Crippen LogP contribution is 2.53. The predicted octanol–water partition coefficient (Wildman–Crippen LogP) is 10.4. The van der Waals surface area contributed by atoms with Crippen molar-refractivity contribution in [2.45, 2.75) is 32.1 Å². The number of ketones is 1. The third-order valence-electron chi connectivity index (χ3n) is 8.80. The molecule has 210 valence electrons. The Hall–Kier alpha value is -5.15. The largest absolute Gasteiger partial charge is 0.507 e. The summed E-state index contributed by atoms with van der Waals surface area (Å²) in [6, 6.07) is 38.6. The molecule has 0 aromatic heterocycles. The number of benzene rings is 6. The van der Waals surface area contributed by atoms with Gasteiger partial charge in [-0.1, -0.05) is 111 Å². The molecule has 0 bridgehead atoms. The SMILES string of the molecule is CCC(C)c1cc(C2c3c(ccc4ccccc34)Oc3ccc4ccccc4c32)cc(/C=C/C(=O)c2ccccc2)c1O. The molecule has 7 rings (SSSR count). The van der Waals surface area contributed by atoms with E-state index in [1.54, 1.807) is 24.3 Å². The zero-order valence-electron chi connectivity index (χ0n) is 24.2. The molecule has 3 nitrogen and oxygen atoms in total. The highest BCUT2D eigenvalue weighted by molar-refractivity contribution is 6.07. The summed E-state index contributed by atoms with van der Waals surface area (Å²) >= 11 is 0. The molecule has 1 heterocycles. The van der Waals surface area contributed by atoms with Gasteiger partial charge < -0.3 is 9.84 Å². The molecule has 6 aromatic rings. The Morgan fingerprint density at radius 3 is 1.98 bits per heavy atom. The monoisotopic (exact) mass is 560 g/mol. The molecular weight excluding hydrogens is 528 g/mol. The summed E-state index contributed by atoms with van der Waals surface area (Å²) in [5.41, 5.74) is 5.39. The zero-order valence-corrected chi connectivity index (χ0v) is 24.2. The highest BCUT2D eigenvalue weighted by atomic mass is 16.5. The minimum atomic E-state index is -0.156. The van der Waals surface area contributed by atoms with E-state index in [-0.39, 0.29) is 23.4 Å². The van der Waals surface area contributed by atoms with Gasteiger partial charge in [-0.05, 0) is 75.4 Å². The summed E-state index contributed by atoms with van der Waals surface area (Å²) < 4.78 is 6.62. The standard InChI is InChI=1S/C40H32O3/c1-3-25(2)33-24-30(23-29(40(33)42)17-20-34(41)28-13-5-4-6-14-28)37-38-31-15-9-7-11-26(31)18-21-35(38)43-36-22-19-27-12-8-10-16-32(27)39(36)37/h4-25,37,42H,3H2,1-2H3/b20-17+. The van der Waals surface area contributed by atoms with Crippen LogP contribution in [0.4, 0.5) is 0 Å². The molecule has 0 saturated heterocycles. The van der Waals surface area contributed by atoms with Gasteiger partial charge in [0, 0.05) is 28.2 Å². The van der Waals surface area contributed by atoms with Gasteiger partial charge in [0.2, 0.25) is 0 Å². The van der Waals surface area contributed by atoms with E-state index in [1.165, 1.54) is 0 Å². The number of aromatic hydroxyl groups is 1. The smallest absolute Gasteiger partial charge is 0.185 e. The fourth-order valence-corrected chi connectivity index (χ4v) is 6.38. The average Bonchev–Trinajstić information content (AvgIpc) is 3.06. The van der Waals surface area contributed by atoms with Gasteiger partial charge in [0.25, 0.3) is 0 Å². The summed E-state index contributed by atoms with van der Waals surface area (Å²) in [6.45, 7) is 4.27. The maximum absolute atomic E-state index is 13.0. The van der Waals surface area contributed by atoms with Crippen LogP contribution in [-0.2, 0) is 0 Å². The van der Waals surface area contributed by atoms with Gasteiger partial charge in [0.05, 0.1) is 0 Å². The van der Waals surface area contributed by atoms with Crippen LogP contribution in [-0.4, -0.2) is 10.9 Å². The van der Waals surface area contributed by atoms with Crippen molar-refractivity contribution in [1.82, 2.24) is 0 Å². The number of allylic oxidation sites excluding steroid dienone is 1.